The van der Waals surface area contributed by atoms with Crippen LogP contribution in [0.15, 0.2) is 42.5 Å². The van der Waals surface area contributed by atoms with Gasteiger partial charge in [0.2, 0.25) is 0 Å². The second-order valence-corrected chi connectivity index (χ2v) is 4.45. The SMILES string of the molecule is O=[N+]([O-])c1ccc(O)c(NC(=S)Nc2ccc(F)cc2)c1. The molecule has 6 nitrogen and oxygen atoms in total. The van der Waals surface area contributed by atoms with E-state index in [0.29, 0.717) is 5.69 Å². The molecule has 0 fully saturated rings. The van der Waals surface area contributed by atoms with Crippen molar-refractivity contribution in [2.24, 2.45) is 0 Å². The number of nitro benzene ring substituents is 1. The highest BCUT2D eigenvalue weighted by molar-refractivity contribution is 7.80. The summed E-state index contributed by atoms with van der Waals surface area (Å²) in [6.07, 6.45) is 0. The molecule has 2 rings (SSSR count). The smallest absolute Gasteiger partial charge is 0.271 e. The average molecular weight is 307 g/mol. The Morgan fingerprint density at radius 1 is 1.19 bits per heavy atom. The Morgan fingerprint density at radius 3 is 2.48 bits per heavy atom. The Balaban J connectivity index is 2.10. The summed E-state index contributed by atoms with van der Waals surface area (Å²) in [5.41, 5.74) is 0.461. The van der Waals surface area contributed by atoms with Gasteiger partial charge in [0.1, 0.15) is 11.6 Å². The minimum atomic E-state index is -0.582. The van der Waals surface area contributed by atoms with E-state index in [1.807, 2.05) is 0 Å². The molecule has 8 heteroatoms. The molecule has 0 aliphatic carbocycles. The van der Waals surface area contributed by atoms with Gasteiger partial charge in [-0.25, -0.2) is 4.39 Å². The molecule has 0 heterocycles. The summed E-state index contributed by atoms with van der Waals surface area (Å²) in [5.74, 6) is -0.556. The molecule has 0 atom stereocenters. The van der Waals surface area contributed by atoms with Gasteiger partial charge in [-0.05, 0) is 42.5 Å². The first-order valence-electron chi connectivity index (χ1n) is 5.76. The lowest BCUT2D eigenvalue weighted by Crippen LogP contribution is -2.19. The zero-order chi connectivity index (χ0) is 15.4. The number of thiocarbonyl (C=S) groups is 1. The highest BCUT2D eigenvalue weighted by atomic mass is 32.1. The molecule has 21 heavy (non-hydrogen) atoms. The molecule has 0 spiro atoms. The third kappa shape index (κ3) is 3.86. The molecular formula is C13H10FN3O3S. The van der Waals surface area contributed by atoms with Crippen LogP contribution in [-0.4, -0.2) is 15.1 Å². The maximum absolute atomic E-state index is 12.8. The largest absolute Gasteiger partial charge is 0.506 e. The molecule has 108 valence electrons. The molecule has 0 bridgehead atoms. The summed E-state index contributed by atoms with van der Waals surface area (Å²) in [5, 5.41) is 25.8. The molecule has 0 aliphatic heterocycles. The molecule has 0 amide bonds. The lowest BCUT2D eigenvalue weighted by atomic mass is 10.2. The van der Waals surface area contributed by atoms with Gasteiger partial charge in [-0.2, -0.15) is 0 Å². The van der Waals surface area contributed by atoms with E-state index in [2.05, 4.69) is 10.6 Å². The van der Waals surface area contributed by atoms with Crippen molar-refractivity contribution in [3.8, 4) is 5.75 Å². The van der Waals surface area contributed by atoms with Crippen LogP contribution in [0.5, 0.6) is 5.75 Å². The molecule has 0 saturated heterocycles. The highest BCUT2D eigenvalue weighted by Crippen LogP contribution is 2.27. The van der Waals surface area contributed by atoms with Crippen LogP contribution in [0.25, 0.3) is 0 Å². The fourth-order valence-electron chi connectivity index (χ4n) is 1.56. The quantitative estimate of drug-likeness (QED) is 0.349. The molecule has 0 aliphatic rings. The first-order valence-corrected chi connectivity index (χ1v) is 6.17. The first kappa shape index (κ1) is 14.7. The Morgan fingerprint density at radius 2 is 1.86 bits per heavy atom. The second kappa shape index (κ2) is 6.14. The van der Waals surface area contributed by atoms with Gasteiger partial charge in [0, 0.05) is 17.8 Å². The van der Waals surface area contributed by atoms with Crippen molar-refractivity contribution >= 4 is 34.4 Å². The van der Waals surface area contributed by atoms with Crippen LogP contribution in [-0.2, 0) is 0 Å². The molecule has 0 aromatic heterocycles. The van der Waals surface area contributed by atoms with Crippen molar-refractivity contribution in [2.45, 2.75) is 0 Å². The Kier molecular flexibility index (Phi) is 4.29. The van der Waals surface area contributed by atoms with E-state index in [4.69, 9.17) is 12.2 Å². The van der Waals surface area contributed by atoms with Gasteiger partial charge in [-0.1, -0.05) is 0 Å². The molecule has 2 aromatic carbocycles. The number of phenolic OH excluding ortho intramolecular Hbond substituents is 1. The number of hydrogen-bond acceptors (Lipinski definition) is 4. The third-order valence-electron chi connectivity index (χ3n) is 2.54. The fraction of sp³-hybridized carbons (Fsp3) is 0. The zero-order valence-electron chi connectivity index (χ0n) is 10.5. The minimum Gasteiger partial charge on any atom is -0.506 e. The number of hydrogen-bond donors (Lipinski definition) is 3. The van der Waals surface area contributed by atoms with Crippen LogP contribution in [0.4, 0.5) is 21.5 Å². The summed E-state index contributed by atoms with van der Waals surface area (Å²) < 4.78 is 12.8. The Labute approximate surface area is 124 Å². The summed E-state index contributed by atoms with van der Waals surface area (Å²) in [4.78, 5) is 10.1. The highest BCUT2D eigenvalue weighted by Gasteiger charge is 2.11. The predicted molar refractivity (Wildman–Crippen MR) is 81.0 cm³/mol. The molecule has 0 radical (unpaired) electrons. The van der Waals surface area contributed by atoms with Crippen LogP contribution < -0.4 is 10.6 Å². The number of nitrogens with one attached hydrogen (secondary N) is 2. The van der Waals surface area contributed by atoms with E-state index >= 15 is 0 Å². The van der Waals surface area contributed by atoms with Gasteiger partial charge in [-0.3, -0.25) is 10.1 Å². The maximum Gasteiger partial charge on any atom is 0.271 e. The Bertz CT molecular complexity index is 692. The van der Waals surface area contributed by atoms with Gasteiger partial charge < -0.3 is 15.7 Å². The molecule has 2 aromatic rings. The summed E-state index contributed by atoms with van der Waals surface area (Å²) in [7, 11) is 0. The standard InChI is InChI=1S/C13H10FN3O3S/c14-8-1-3-9(4-2-8)15-13(21)16-11-7-10(17(19)20)5-6-12(11)18/h1-7,18H,(H2,15,16,21). The molecule has 0 saturated carbocycles. The number of aromatic hydroxyl groups is 1. The van der Waals surface area contributed by atoms with Gasteiger partial charge >= 0.3 is 0 Å². The van der Waals surface area contributed by atoms with Crippen LogP contribution in [0, 0.1) is 15.9 Å². The normalized spacial score (nSPS) is 9.95. The van der Waals surface area contributed by atoms with Crippen molar-refractivity contribution in [1.29, 1.82) is 0 Å². The first-order chi connectivity index (χ1) is 9.95. The number of halogens is 1. The summed E-state index contributed by atoms with van der Waals surface area (Å²) in [6, 6.07) is 9.02. The minimum absolute atomic E-state index is 0.101. The number of nitrogens with zero attached hydrogens (tertiary/aromatic N) is 1. The fourth-order valence-corrected chi connectivity index (χ4v) is 1.78. The van der Waals surface area contributed by atoms with Gasteiger partial charge in [0.15, 0.2) is 5.11 Å². The van der Waals surface area contributed by atoms with Gasteiger partial charge in [0.25, 0.3) is 5.69 Å². The van der Waals surface area contributed by atoms with E-state index in [-0.39, 0.29) is 28.1 Å². The predicted octanol–water partition coefficient (Wildman–Crippen LogP) is 3.25. The monoisotopic (exact) mass is 307 g/mol. The van der Waals surface area contributed by atoms with Crippen LogP contribution in [0.1, 0.15) is 0 Å². The number of rotatable bonds is 3. The number of anilines is 2. The van der Waals surface area contributed by atoms with Gasteiger partial charge in [0.05, 0.1) is 10.6 Å². The second-order valence-electron chi connectivity index (χ2n) is 4.04. The van der Waals surface area contributed by atoms with Crippen LogP contribution >= 0.6 is 12.2 Å². The molecular weight excluding hydrogens is 297 g/mol. The van der Waals surface area contributed by atoms with Crippen LogP contribution in [0.3, 0.4) is 0 Å². The lowest BCUT2D eigenvalue weighted by molar-refractivity contribution is -0.384. The third-order valence-corrected chi connectivity index (χ3v) is 2.75. The van der Waals surface area contributed by atoms with Crippen LogP contribution in [0.2, 0.25) is 0 Å². The van der Waals surface area contributed by atoms with Crippen molar-refractivity contribution in [3.63, 3.8) is 0 Å². The van der Waals surface area contributed by atoms with Crippen molar-refractivity contribution < 1.29 is 14.4 Å². The number of nitro groups is 1. The summed E-state index contributed by atoms with van der Waals surface area (Å²) >= 11 is 5.02. The maximum atomic E-state index is 12.8. The van der Waals surface area contributed by atoms with Crippen molar-refractivity contribution in [3.05, 3.63) is 58.4 Å². The number of non-ortho nitro benzene ring substituents is 1. The number of phenols is 1. The molecule has 0 unspecified atom stereocenters. The Hall–Kier alpha value is -2.74. The van der Waals surface area contributed by atoms with E-state index < -0.39 is 4.92 Å². The average Bonchev–Trinajstić information content (AvgIpc) is 2.43. The topological polar surface area (TPSA) is 87.4 Å². The van der Waals surface area contributed by atoms with Crippen molar-refractivity contribution in [2.75, 3.05) is 10.6 Å². The summed E-state index contributed by atoms with van der Waals surface area (Å²) in [6.45, 7) is 0. The van der Waals surface area contributed by atoms with E-state index in [0.717, 1.165) is 6.07 Å². The number of benzene rings is 2. The van der Waals surface area contributed by atoms with E-state index in [1.54, 1.807) is 0 Å². The molecule has 3 N–H and O–H groups in total. The van der Waals surface area contributed by atoms with E-state index in [9.17, 15) is 19.6 Å². The van der Waals surface area contributed by atoms with E-state index in [1.165, 1.54) is 36.4 Å². The van der Waals surface area contributed by atoms with Crippen molar-refractivity contribution in [1.82, 2.24) is 0 Å². The lowest BCUT2D eigenvalue weighted by Gasteiger charge is -2.11. The van der Waals surface area contributed by atoms with Gasteiger partial charge in [-0.15, -0.1) is 0 Å². The zero-order valence-corrected chi connectivity index (χ0v) is 11.4.